The number of nitrogens with one attached hydrogen (secondary N) is 2. The normalized spacial score (nSPS) is 11.2. The van der Waals surface area contributed by atoms with Gasteiger partial charge in [-0.2, -0.15) is 5.26 Å². The van der Waals surface area contributed by atoms with Gasteiger partial charge in [-0.25, -0.2) is 4.99 Å². The van der Waals surface area contributed by atoms with Gasteiger partial charge in [-0.3, -0.25) is 0 Å². The molecule has 0 saturated carbocycles. The Bertz CT molecular complexity index is 757. The summed E-state index contributed by atoms with van der Waals surface area (Å²) in [7, 11) is 1.87. The van der Waals surface area contributed by atoms with Crippen LogP contribution in [0.4, 0.5) is 0 Å². The average molecular weight is 364 g/mol. The fourth-order valence-corrected chi connectivity index (χ4v) is 2.55. The Morgan fingerprint density at radius 3 is 2.50 bits per heavy atom. The van der Waals surface area contributed by atoms with E-state index < -0.39 is 0 Å². The fraction of sp³-hybridized carbons (Fsp3) is 0.294. The smallest absolute Gasteiger partial charge is 0.191 e. The van der Waals surface area contributed by atoms with E-state index in [1.54, 1.807) is 12.1 Å². The zero-order chi connectivity index (χ0) is 17.5. The summed E-state index contributed by atoms with van der Waals surface area (Å²) in [4.78, 5) is 4.55. The van der Waals surface area contributed by atoms with Gasteiger partial charge in [-0.15, -0.1) is 0 Å². The molecule has 0 aliphatic rings. The van der Waals surface area contributed by atoms with Crippen molar-refractivity contribution in [3.05, 3.63) is 57.3 Å². The van der Waals surface area contributed by atoms with E-state index >= 15 is 0 Å². The molecule has 0 fully saturated rings. The van der Waals surface area contributed by atoms with Crippen LogP contribution in [0.3, 0.4) is 0 Å². The van der Waals surface area contributed by atoms with Crippen LogP contribution in [0, 0.1) is 11.3 Å². The molecular formula is C17H19Cl2N5. The number of guanidine groups is 1. The average Bonchev–Trinajstić information content (AvgIpc) is 2.85. The molecule has 0 aliphatic carbocycles. The van der Waals surface area contributed by atoms with Crippen molar-refractivity contribution in [2.75, 3.05) is 6.54 Å². The lowest BCUT2D eigenvalue weighted by Gasteiger charge is -2.12. The zero-order valence-corrected chi connectivity index (χ0v) is 15.1. The van der Waals surface area contributed by atoms with Crippen LogP contribution in [0.5, 0.6) is 0 Å². The van der Waals surface area contributed by atoms with Gasteiger partial charge in [0.15, 0.2) is 5.96 Å². The third-order valence-electron chi connectivity index (χ3n) is 3.50. The van der Waals surface area contributed by atoms with E-state index in [0.29, 0.717) is 34.8 Å². The molecule has 0 unspecified atom stereocenters. The van der Waals surface area contributed by atoms with E-state index in [2.05, 4.69) is 21.7 Å². The maximum Gasteiger partial charge on any atom is 0.191 e. The van der Waals surface area contributed by atoms with Crippen LogP contribution >= 0.6 is 23.2 Å². The molecule has 5 nitrogen and oxygen atoms in total. The summed E-state index contributed by atoms with van der Waals surface area (Å²) in [5, 5.41) is 16.3. The van der Waals surface area contributed by atoms with Crippen molar-refractivity contribution in [1.82, 2.24) is 15.2 Å². The summed E-state index contributed by atoms with van der Waals surface area (Å²) >= 11 is 12.1. The molecule has 0 amide bonds. The third kappa shape index (κ3) is 4.67. The second-order valence-electron chi connectivity index (χ2n) is 5.19. The van der Waals surface area contributed by atoms with Crippen molar-refractivity contribution in [2.24, 2.45) is 12.0 Å². The van der Waals surface area contributed by atoms with Crippen molar-refractivity contribution < 1.29 is 0 Å². The summed E-state index contributed by atoms with van der Waals surface area (Å²) in [5.74, 6) is 0.704. The Kier molecular flexibility index (Phi) is 6.53. The third-order valence-corrected chi connectivity index (χ3v) is 4.34. The molecule has 126 valence electrons. The van der Waals surface area contributed by atoms with E-state index in [0.717, 1.165) is 17.8 Å². The molecule has 0 aliphatic heterocycles. The molecule has 2 N–H and O–H groups in total. The first-order valence-corrected chi connectivity index (χ1v) is 8.31. The van der Waals surface area contributed by atoms with Crippen molar-refractivity contribution in [2.45, 2.75) is 20.0 Å². The molecule has 0 saturated heterocycles. The zero-order valence-electron chi connectivity index (χ0n) is 13.6. The standard InChI is InChI=1S/C17H19Cl2N5/c1-3-21-17(22-10-13-6-4-12(9-20)5-7-13)23-11-14-8-15(18)16(19)24(14)2/h4-8H,3,10-11H2,1-2H3,(H2,21,22,23). The number of halogens is 2. The molecule has 2 rings (SSSR count). The van der Waals surface area contributed by atoms with E-state index in [1.165, 1.54) is 0 Å². The van der Waals surface area contributed by atoms with Gasteiger partial charge in [-0.1, -0.05) is 35.3 Å². The molecule has 2 aromatic rings. The minimum Gasteiger partial charge on any atom is -0.357 e. The minimum atomic E-state index is 0.521. The number of nitrogens with zero attached hydrogens (tertiary/aromatic N) is 3. The van der Waals surface area contributed by atoms with Gasteiger partial charge < -0.3 is 15.2 Å². The van der Waals surface area contributed by atoms with E-state index in [-0.39, 0.29) is 0 Å². The van der Waals surface area contributed by atoms with Crippen LogP contribution in [0.2, 0.25) is 10.2 Å². The lowest BCUT2D eigenvalue weighted by molar-refractivity contribution is 0.752. The van der Waals surface area contributed by atoms with Gasteiger partial charge in [0.25, 0.3) is 0 Å². The summed E-state index contributed by atoms with van der Waals surface area (Å²) in [6, 6.07) is 11.3. The molecule has 1 aromatic heterocycles. The first-order valence-electron chi connectivity index (χ1n) is 7.56. The molecule has 7 heteroatoms. The molecule has 0 bridgehead atoms. The summed E-state index contributed by atoms with van der Waals surface area (Å²) < 4.78 is 1.83. The van der Waals surface area contributed by atoms with Crippen molar-refractivity contribution in [3.63, 3.8) is 0 Å². The first kappa shape index (κ1) is 18.2. The fourth-order valence-electron chi connectivity index (χ4n) is 2.13. The highest BCUT2D eigenvalue weighted by Gasteiger charge is 2.09. The SMILES string of the molecule is CCNC(=NCc1ccc(C#N)cc1)NCc1cc(Cl)c(Cl)n1C. The van der Waals surface area contributed by atoms with Crippen molar-refractivity contribution >= 4 is 29.2 Å². The number of aromatic nitrogens is 1. The van der Waals surface area contributed by atoms with Gasteiger partial charge >= 0.3 is 0 Å². The van der Waals surface area contributed by atoms with Gasteiger partial charge in [0, 0.05) is 19.3 Å². The second kappa shape index (κ2) is 8.62. The van der Waals surface area contributed by atoms with Gasteiger partial charge in [0.2, 0.25) is 0 Å². The van der Waals surface area contributed by atoms with Crippen LogP contribution in [-0.2, 0) is 20.1 Å². The van der Waals surface area contributed by atoms with E-state index in [9.17, 15) is 0 Å². The van der Waals surface area contributed by atoms with Gasteiger partial charge in [-0.05, 0) is 30.7 Å². The van der Waals surface area contributed by atoms with Crippen LogP contribution < -0.4 is 10.6 Å². The van der Waals surface area contributed by atoms with Crippen LogP contribution in [0.15, 0.2) is 35.3 Å². The monoisotopic (exact) mass is 363 g/mol. The van der Waals surface area contributed by atoms with Crippen LogP contribution in [-0.4, -0.2) is 17.1 Å². The van der Waals surface area contributed by atoms with Crippen LogP contribution in [0.1, 0.15) is 23.7 Å². The van der Waals surface area contributed by atoms with Crippen molar-refractivity contribution in [3.8, 4) is 6.07 Å². The predicted molar refractivity (Wildman–Crippen MR) is 98.2 cm³/mol. The Labute approximate surface area is 151 Å². The van der Waals surface area contributed by atoms with Gasteiger partial charge in [0.05, 0.1) is 29.7 Å². The quantitative estimate of drug-likeness (QED) is 0.631. The second-order valence-corrected chi connectivity index (χ2v) is 5.96. The lowest BCUT2D eigenvalue weighted by Crippen LogP contribution is -2.37. The highest BCUT2D eigenvalue weighted by Crippen LogP contribution is 2.24. The maximum atomic E-state index is 8.82. The van der Waals surface area contributed by atoms with E-state index in [4.69, 9.17) is 28.5 Å². The number of hydrogen-bond donors (Lipinski definition) is 2. The van der Waals surface area contributed by atoms with Gasteiger partial charge in [0.1, 0.15) is 5.15 Å². The maximum absolute atomic E-state index is 8.82. The number of aliphatic imine (C=N–C) groups is 1. The highest BCUT2D eigenvalue weighted by molar-refractivity contribution is 6.41. The molecule has 0 atom stereocenters. The van der Waals surface area contributed by atoms with Crippen LogP contribution in [0.25, 0.3) is 0 Å². The minimum absolute atomic E-state index is 0.521. The summed E-state index contributed by atoms with van der Waals surface area (Å²) in [5.41, 5.74) is 2.65. The Hall–Kier alpha value is -2.16. The molecular weight excluding hydrogens is 345 g/mol. The number of hydrogen-bond acceptors (Lipinski definition) is 2. The molecule has 1 aromatic carbocycles. The number of nitriles is 1. The number of rotatable bonds is 5. The number of benzene rings is 1. The summed E-state index contributed by atoms with van der Waals surface area (Å²) in [6.07, 6.45) is 0. The lowest BCUT2D eigenvalue weighted by atomic mass is 10.1. The molecule has 0 spiro atoms. The Balaban J connectivity index is 2.02. The Morgan fingerprint density at radius 1 is 1.25 bits per heavy atom. The topological polar surface area (TPSA) is 65.1 Å². The first-order chi connectivity index (χ1) is 11.5. The molecule has 24 heavy (non-hydrogen) atoms. The predicted octanol–water partition coefficient (Wildman–Crippen LogP) is 3.46. The molecule has 0 radical (unpaired) electrons. The Morgan fingerprint density at radius 2 is 1.96 bits per heavy atom. The summed E-state index contributed by atoms with van der Waals surface area (Å²) in [6.45, 7) is 3.85. The largest absolute Gasteiger partial charge is 0.357 e. The highest BCUT2D eigenvalue weighted by atomic mass is 35.5. The van der Waals surface area contributed by atoms with Crippen molar-refractivity contribution in [1.29, 1.82) is 5.26 Å². The molecule has 1 heterocycles. The van der Waals surface area contributed by atoms with E-state index in [1.807, 2.05) is 36.7 Å².